The Bertz CT molecular complexity index is 352. The number of hydrogen-bond acceptors (Lipinski definition) is 5. The highest BCUT2D eigenvalue weighted by molar-refractivity contribution is 5.76. The highest BCUT2D eigenvalue weighted by Gasteiger charge is 2.16. The van der Waals surface area contributed by atoms with Crippen molar-refractivity contribution < 1.29 is 9.53 Å². The normalized spacial score (nSPS) is 19.9. The molecule has 0 saturated carbocycles. The first-order valence-electron chi connectivity index (χ1n) is 5.67. The van der Waals surface area contributed by atoms with Crippen LogP contribution in [-0.4, -0.2) is 41.7 Å². The molecular weight excluding hydrogens is 220 g/mol. The summed E-state index contributed by atoms with van der Waals surface area (Å²) in [6, 6.07) is 1.90. The minimum Gasteiger partial charge on any atom is -0.378 e. The number of amides is 1. The third kappa shape index (κ3) is 4.08. The van der Waals surface area contributed by atoms with E-state index < -0.39 is 0 Å². The Kier molecular flexibility index (Phi) is 4.40. The molecule has 6 heteroatoms. The summed E-state index contributed by atoms with van der Waals surface area (Å²) in [6.07, 6.45) is 3.56. The summed E-state index contributed by atoms with van der Waals surface area (Å²) in [5.74, 6) is 0.00612. The highest BCUT2D eigenvalue weighted by atomic mass is 16.5. The van der Waals surface area contributed by atoms with E-state index in [2.05, 4.69) is 20.6 Å². The summed E-state index contributed by atoms with van der Waals surface area (Å²) in [5, 5.41) is 6.06. The molecule has 0 aromatic carbocycles. The molecule has 0 bridgehead atoms. The van der Waals surface area contributed by atoms with Crippen molar-refractivity contribution >= 4 is 5.91 Å². The molecular formula is C11H16N4O2. The molecule has 1 fully saturated rings. The molecule has 1 atom stereocenters. The molecule has 1 saturated heterocycles. The molecule has 0 aliphatic carbocycles. The summed E-state index contributed by atoms with van der Waals surface area (Å²) in [4.78, 5) is 19.5. The van der Waals surface area contributed by atoms with E-state index in [1.807, 2.05) is 0 Å². The monoisotopic (exact) mass is 236 g/mol. The molecule has 17 heavy (non-hydrogen) atoms. The van der Waals surface area contributed by atoms with Crippen molar-refractivity contribution in [1.82, 2.24) is 20.6 Å². The lowest BCUT2D eigenvalue weighted by atomic mass is 10.2. The van der Waals surface area contributed by atoms with Gasteiger partial charge in [0.2, 0.25) is 5.91 Å². The summed E-state index contributed by atoms with van der Waals surface area (Å²) in [6.45, 7) is 2.57. The van der Waals surface area contributed by atoms with Crippen molar-refractivity contribution in [3.8, 4) is 0 Å². The lowest BCUT2D eigenvalue weighted by Gasteiger charge is -2.23. The van der Waals surface area contributed by atoms with Gasteiger partial charge in [0.15, 0.2) is 0 Å². The fraction of sp³-hybridized carbons (Fsp3) is 0.545. The van der Waals surface area contributed by atoms with E-state index in [-0.39, 0.29) is 11.9 Å². The van der Waals surface area contributed by atoms with Gasteiger partial charge in [0.1, 0.15) is 6.33 Å². The van der Waals surface area contributed by atoms with Crippen molar-refractivity contribution in [2.45, 2.75) is 19.0 Å². The van der Waals surface area contributed by atoms with Crippen molar-refractivity contribution in [3.05, 3.63) is 24.3 Å². The fourth-order valence-electron chi connectivity index (χ4n) is 1.66. The number of hydrogen-bond donors (Lipinski definition) is 2. The fourth-order valence-corrected chi connectivity index (χ4v) is 1.66. The van der Waals surface area contributed by atoms with Crippen LogP contribution in [0.25, 0.3) is 0 Å². The van der Waals surface area contributed by atoms with Gasteiger partial charge < -0.3 is 15.4 Å². The number of nitrogens with one attached hydrogen (secondary N) is 2. The number of carbonyl (C=O) groups excluding carboxylic acids is 1. The molecule has 2 rings (SSSR count). The largest absolute Gasteiger partial charge is 0.378 e. The average molecular weight is 236 g/mol. The van der Waals surface area contributed by atoms with Gasteiger partial charge in [-0.3, -0.25) is 4.79 Å². The van der Waals surface area contributed by atoms with Crippen LogP contribution >= 0.6 is 0 Å². The van der Waals surface area contributed by atoms with Crippen molar-refractivity contribution in [2.75, 3.05) is 19.8 Å². The van der Waals surface area contributed by atoms with E-state index in [1.54, 1.807) is 12.3 Å². The van der Waals surface area contributed by atoms with Gasteiger partial charge in [0.05, 0.1) is 25.5 Å². The van der Waals surface area contributed by atoms with Gasteiger partial charge in [-0.05, 0) is 6.07 Å². The maximum atomic E-state index is 11.6. The zero-order valence-electron chi connectivity index (χ0n) is 9.56. The molecule has 1 aromatic rings. The van der Waals surface area contributed by atoms with Crippen LogP contribution in [0.4, 0.5) is 0 Å². The lowest BCUT2D eigenvalue weighted by Crippen LogP contribution is -2.44. The third-order valence-corrected chi connectivity index (χ3v) is 2.54. The minimum absolute atomic E-state index is 0.00612. The Labute approximate surface area is 99.8 Å². The van der Waals surface area contributed by atoms with Gasteiger partial charge in [0.25, 0.3) is 0 Å². The third-order valence-electron chi connectivity index (χ3n) is 2.54. The zero-order chi connectivity index (χ0) is 11.9. The van der Waals surface area contributed by atoms with Crippen LogP contribution in [0.3, 0.4) is 0 Å². The van der Waals surface area contributed by atoms with Crippen LogP contribution in [0.5, 0.6) is 0 Å². The predicted molar refractivity (Wildman–Crippen MR) is 61.1 cm³/mol. The summed E-state index contributed by atoms with van der Waals surface area (Å²) in [7, 11) is 0. The predicted octanol–water partition coefficient (Wildman–Crippen LogP) is -0.529. The van der Waals surface area contributed by atoms with Gasteiger partial charge in [-0.25, -0.2) is 9.97 Å². The first-order valence-corrected chi connectivity index (χ1v) is 5.67. The maximum Gasteiger partial charge on any atom is 0.221 e. The summed E-state index contributed by atoms with van der Waals surface area (Å²) >= 11 is 0. The van der Waals surface area contributed by atoms with Crippen molar-refractivity contribution in [1.29, 1.82) is 0 Å². The van der Waals surface area contributed by atoms with Crippen LogP contribution in [-0.2, 0) is 16.1 Å². The molecule has 2 N–H and O–H groups in total. The van der Waals surface area contributed by atoms with Crippen molar-refractivity contribution in [2.24, 2.45) is 0 Å². The Morgan fingerprint density at radius 3 is 3.29 bits per heavy atom. The van der Waals surface area contributed by atoms with Crippen LogP contribution in [0.1, 0.15) is 12.1 Å². The van der Waals surface area contributed by atoms with E-state index in [1.165, 1.54) is 6.33 Å². The minimum atomic E-state index is 0.00612. The zero-order valence-corrected chi connectivity index (χ0v) is 9.56. The van der Waals surface area contributed by atoms with Crippen LogP contribution < -0.4 is 10.6 Å². The number of rotatable bonds is 4. The van der Waals surface area contributed by atoms with Gasteiger partial charge in [-0.15, -0.1) is 0 Å². The van der Waals surface area contributed by atoms with Crippen LogP contribution in [0, 0.1) is 0 Å². The second-order valence-electron chi connectivity index (χ2n) is 3.91. The molecule has 1 aliphatic rings. The van der Waals surface area contributed by atoms with Gasteiger partial charge >= 0.3 is 0 Å². The molecule has 1 amide bonds. The van der Waals surface area contributed by atoms with Gasteiger partial charge in [-0.1, -0.05) is 0 Å². The summed E-state index contributed by atoms with van der Waals surface area (Å²) in [5.41, 5.74) is 0.807. The number of morpholine rings is 1. The van der Waals surface area contributed by atoms with E-state index in [0.717, 1.165) is 18.8 Å². The van der Waals surface area contributed by atoms with E-state index in [0.29, 0.717) is 19.6 Å². The van der Waals surface area contributed by atoms with Gasteiger partial charge in [-0.2, -0.15) is 0 Å². The number of ether oxygens (including phenoxy) is 1. The Morgan fingerprint density at radius 1 is 1.65 bits per heavy atom. The van der Waals surface area contributed by atoms with E-state index in [9.17, 15) is 4.79 Å². The Morgan fingerprint density at radius 2 is 2.59 bits per heavy atom. The number of aromatic nitrogens is 2. The van der Waals surface area contributed by atoms with E-state index in [4.69, 9.17) is 4.74 Å². The molecule has 0 radical (unpaired) electrons. The standard InChI is InChI=1S/C11H16N4O2/c16-11(5-10-7-17-4-3-13-10)14-6-9-1-2-12-8-15-9/h1-2,8,10,13H,3-7H2,(H,14,16). The molecule has 0 spiro atoms. The SMILES string of the molecule is O=C(CC1COCCN1)NCc1ccncn1. The van der Waals surface area contributed by atoms with E-state index >= 15 is 0 Å². The maximum absolute atomic E-state index is 11.6. The Hall–Kier alpha value is -1.53. The average Bonchev–Trinajstić information content (AvgIpc) is 2.39. The topological polar surface area (TPSA) is 76.1 Å². The quantitative estimate of drug-likeness (QED) is 0.735. The second-order valence-corrected chi connectivity index (χ2v) is 3.91. The number of carbonyl (C=O) groups is 1. The summed E-state index contributed by atoms with van der Waals surface area (Å²) < 4.78 is 5.28. The molecule has 92 valence electrons. The number of nitrogens with zero attached hydrogens (tertiary/aromatic N) is 2. The molecule has 6 nitrogen and oxygen atoms in total. The Balaban J connectivity index is 1.70. The highest BCUT2D eigenvalue weighted by Crippen LogP contribution is 1.98. The first-order chi connectivity index (χ1) is 8.34. The molecule has 1 aromatic heterocycles. The van der Waals surface area contributed by atoms with Crippen LogP contribution in [0.2, 0.25) is 0 Å². The lowest BCUT2D eigenvalue weighted by molar-refractivity contribution is -0.122. The second kappa shape index (κ2) is 6.27. The smallest absolute Gasteiger partial charge is 0.221 e. The molecule has 1 aliphatic heterocycles. The first kappa shape index (κ1) is 11.9. The van der Waals surface area contributed by atoms with Gasteiger partial charge in [0, 0.05) is 25.2 Å². The van der Waals surface area contributed by atoms with Crippen molar-refractivity contribution in [3.63, 3.8) is 0 Å². The molecule has 1 unspecified atom stereocenters. The molecule has 2 heterocycles. The van der Waals surface area contributed by atoms with Crippen LogP contribution in [0.15, 0.2) is 18.6 Å².